The minimum Gasteiger partial charge on any atom is -0.388 e. The highest BCUT2D eigenvalue weighted by Crippen LogP contribution is 2.25. The first-order valence-corrected chi connectivity index (χ1v) is 7.62. The molecule has 21 heavy (non-hydrogen) atoms. The van der Waals surface area contributed by atoms with Gasteiger partial charge in [-0.1, -0.05) is 6.92 Å². The Bertz CT molecular complexity index is 465. The minimum absolute atomic E-state index is 0.388. The van der Waals surface area contributed by atoms with Crippen molar-refractivity contribution >= 4 is 11.6 Å². The zero-order valence-corrected chi connectivity index (χ0v) is 13.2. The number of rotatable bonds is 6. The molecule has 0 radical (unpaired) electrons. The minimum atomic E-state index is -0.651. The Morgan fingerprint density at radius 3 is 2.95 bits per heavy atom. The van der Waals surface area contributed by atoms with Gasteiger partial charge in [-0.25, -0.2) is 9.97 Å². The van der Waals surface area contributed by atoms with Gasteiger partial charge in [0.1, 0.15) is 18.2 Å². The monoisotopic (exact) mass is 294 g/mol. The Balaban J connectivity index is 2.21. The normalized spacial score (nSPS) is 22.4. The molecule has 1 aromatic rings. The molecule has 2 rings (SSSR count). The van der Waals surface area contributed by atoms with E-state index in [1.54, 1.807) is 7.11 Å². The maximum Gasteiger partial charge on any atom is 0.158 e. The van der Waals surface area contributed by atoms with Crippen LogP contribution in [0, 0.1) is 0 Å². The second-order valence-corrected chi connectivity index (χ2v) is 5.91. The van der Waals surface area contributed by atoms with Crippen molar-refractivity contribution in [2.45, 2.75) is 45.3 Å². The second-order valence-electron chi connectivity index (χ2n) is 5.91. The fourth-order valence-electron chi connectivity index (χ4n) is 2.60. The number of piperidine rings is 1. The van der Waals surface area contributed by atoms with Crippen LogP contribution in [0.15, 0.2) is 6.07 Å². The van der Waals surface area contributed by atoms with Gasteiger partial charge < -0.3 is 20.1 Å². The molecule has 1 saturated heterocycles. The van der Waals surface area contributed by atoms with E-state index in [-0.39, 0.29) is 0 Å². The smallest absolute Gasteiger partial charge is 0.158 e. The molecular weight excluding hydrogens is 268 g/mol. The third-order valence-corrected chi connectivity index (χ3v) is 3.59. The first-order valence-electron chi connectivity index (χ1n) is 7.62. The summed E-state index contributed by atoms with van der Waals surface area (Å²) in [6, 6.07) is 1.95. The molecule has 6 heteroatoms. The van der Waals surface area contributed by atoms with Gasteiger partial charge in [-0.05, 0) is 26.2 Å². The summed E-state index contributed by atoms with van der Waals surface area (Å²) < 4.78 is 5.15. The quantitative estimate of drug-likeness (QED) is 0.833. The van der Waals surface area contributed by atoms with E-state index in [9.17, 15) is 5.11 Å². The van der Waals surface area contributed by atoms with Crippen LogP contribution in [0.3, 0.4) is 0 Å². The SMILES string of the molecule is CCCNc1cc(N2CCCC(C)(O)C2)nc(COC)n1. The molecule has 118 valence electrons. The molecule has 0 aliphatic carbocycles. The largest absolute Gasteiger partial charge is 0.388 e. The number of methoxy groups -OCH3 is 1. The Labute approximate surface area is 126 Å². The molecule has 1 unspecified atom stereocenters. The average molecular weight is 294 g/mol. The van der Waals surface area contributed by atoms with Crippen molar-refractivity contribution in [3.05, 3.63) is 11.9 Å². The van der Waals surface area contributed by atoms with E-state index in [0.717, 1.165) is 44.0 Å². The van der Waals surface area contributed by atoms with Crippen LogP contribution in [-0.2, 0) is 11.3 Å². The number of anilines is 2. The predicted octanol–water partition coefficient (Wildman–Crippen LogP) is 1.80. The van der Waals surface area contributed by atoms with E-state index >= 15 is 0 Å². The molecule has 1 fully saturated rings. The highest BCUT2D eigenvalue weighted by atomic mass is 16.5. The number of nitrogens with one attached hydrogen (secondary N) is 1. The van der Waals surface area contributed by atoms with Crippen molar-refractivity contribution in [1.29, 1.82) is 0 Å². The average Bonchev–Trinajstić information content (AvgIpc) is 2.44. The van der Waals surface area contributed by atoms with Crippen LogP contribution in [0.1, 0.15) is 38.9 Å². The first-order chi connectivity index (χ1) is 10.0. The zero-order chi connectivity index (χ0) is 15.3. The van der Waals surface area contributed by atoms with Gasteiger partial charge in [-0.15, -0.1) is 0 Å². The van der Waals surface area contributed by atoms with Crippen LogP contribution < -0.4 is 10.2 Å². The number of ether oxygens (including phenoxy) is 1. The summed E-state index contributed by atoms with van der Waals surface area (Å²) in [4.78, 5) is 11.1. The maximum absolute atomic E-state index is 10.3. The molecule has 1 aromatic heterocycles. The summed E-state index contributed by atoms with van der Waals surface area (Å²) in [5, 5.41) is 13.6. The van der Waals surface area contributed by atoms with Gasteiger partial charge in [-0.2, -0.15) is 0 Å². The molecule has 0 bridgehead atoms. The molecule has 0 aromatic carbocycles. The van der Waals surface area contributed by atoms with Gasteiger partial charge in [-0.3, -0.25) is 0 Å². The van der Waals surface area contributed by atoms with Gasteiger partial charge in [0.2, 0.25) is 0 Å². The lowest BCUT2D eigenvalue weighted by molar-refractivity contribution is 0.0446. The van der Waals surface area contributed by atoms with Crippen molar-refractivity contribution in [3.63, 3.8) is 0 Å². The lowest BCUT2D eigenvalue weighted by atomic mass is 9.95. The predicted molar refractivity (Wildman–Crippen MR) is 83.6 cm³/mol. The highest BCUT2D eigenvalue weighted by molar-refractivity contribution is 5.50. The number of β-amino-alcohol motifs (C(OH)–C–C–N with tert-alkyl or cyclic N) is 1. The standard InChI is InChI=1S/C15H26N4O2/c1-4-7-16-12-9-14(18-13(17-12)10-21-3)19-8-5-6-15(2,20)11-19/h9,20H,4-8,10-11H2,1-3H3,(H,16,17,18). The van der Waals surface area contributed by atoms with E-state index in [1.165, 1.54) is 0 Å². The van der Waals surface area contributed by atoms with Crippen molar-refractivity contribution in [1.82, 2.24) is 9.97 Å². The van der Waals surface area contributed by atoms with E-state index < -0.39 is 5.60 Å². The lowest BCUT2D eigenvalue weighted by Gasteiger charge is -2.37. The van der Waals surface area contributed by atoms with Crippen LogP contribution in [-0.4, -0.2) is 47.4 Å². The maximum atomic E-state index is 10.3. The Kier molecular flexibility index (Phi) is 5.36. The van der Waals surface area contributed by atoms with Crippen molar-refractivity contribution in [2.75, 3.05) is 37.0 Å². The Morgan fingerprint density at radius 2 is 2.29 bits per heavy atom. The summed E-state index contributed by atoms with van der Waals surface area (Å²) in [5.41, 5.74) is -0.651. The molecular formula is C15H26N4O2. The van der Waals surface area contributed by atoms with Crippen molar-refractivity contribution in [2.24, 2.45) is 0 Å². The van der Waals surface area contributed by atoms with Crippen LogP contribution in [0.2, 0.25) is 0 Å². The number of nitrogens with zero attached hydrogens (tertiary/aromatic N) is 3. The summed E-state index contributed by atoms with van der Waals surface area (Å²) in [6.45, 7) is 6.77. The van der Waals surface area contributed by atoms with E-state index in [2.05, 4.69) is 27.1 Å². The summed E-state index contributed by atoms with van der Waals surface area (Å²) >= 11 is 0. The summed E-state index contributed by atoms with van der Waals surface area (Å²) in [7, 11) is 1.64. The van der Waals surface area contributed by atoms with Crippen LogP contribution in [0.25, 0.3) is 0 Å². The second kappa shape index (κ2) is 7.04. The number of aliphatic hydroxyl groups is 1. The number of hydrogen-bond acceptors (Lipinski definition) is 6. The lowest BCUT2D eigenvalue weighted by Crippen LogP contribution is -2.46. The van der Waals surface area contributed by atoms with Crippen LogP contribution in [0.5, 0.6) is 0 Å². The molecule has 0 amide bonds. The number of hydrogen-bond donors (Lipinski definition) is 2. The molecule has 0 saturated carbocycles. The molecule has 0 spiro atoms. The van der Waals surface area contributed by atoms with E-state index in [4.69, 9.17) is 4.74 Å². The van der Waals surface area contributed by atoms with E-state index in [0.29, 0.717) is 19.0 Å². The van der Waals surface area contributed by atoms with E-state index in [1.807, 2.05) is 13.0 Å². The molecule has 2 heterocycles. The molecule has 1 aliphatic rings. The molecule has 1 atom stereocenters. The summed E-state index contributed by atoms with van der Waals surface area (Å²) in [5.74, 6) is 2.34. The molecule has 6 nitrogen and oxygen atoms in total. The summed E-state index contributed by atoms with van der Waals surface area (Å²) in [6.07, 6.45) is 2.84. The fraction of sp³-hybridized carbons (Fsp3) is 0.733. The molecule has 1 aliphatic heterocycles. The Morgan fingerprint density at radius 1 is 1.48 bits per heavy atom. The third-order valence-electron chi connectivity index (χ3n) is 3.59. The van der Waals surface area contributed by atoms with Gasteiger partial charge in [0.05, 0.1) is 5.60 Å². The third kappa shape index (κ3) is 4.54. The number of aromatic nitrogens is 2. The topological polar surface area (TPSA) is 70.5 Å². The zero-order valence-electron chi connectivity index (χ0n) is 13.2. The first kappa shape index (κ1) is 16.0. The highest BCUT2D eigenvalue weighted by Gasteiger charge is 2.29. The van der Waals surface area contributed by atoms with Crippen LogP contribution >= 0.6 is 0 Å². The Hall–Kier alpha value is -1.40. The van der Waals surface area contributed by atoms with Gasteiger partial charge >= 0.3 is 0 Å². The molecule has 2 N–H and O–H groups in total. The van der Waals surface area contributed by atoms with Gasteiger partial charge in [0, 0.05) is 32.8 Å². The van der Waals surface area contributed by atoms with Gasteiger partial charge in [0.15, 0.2) is 5.82 Å². The fourth-order valence-corrected chi connectivity index (χ4v) is 2.60. The van der Waals surface area contributed by atoms with Crippen molar-refractivity contribution in [3.8, 4) is 0 Å². The van der Waals surface area contributed by atoms with Crippen molar-refractivity contribution < 1.29 is 9.84 Å². The van der Waals surface area contributed by atoms with Crippen LogP contribution in [0.4, 0.5) is 11.6 Å². The van der Waals surface area contributed by atoms with Gasteiger partial charge in [0.25, 0.3) is 0 Å².